The van der Waals surface area contributed by atoms with Crippen LogP contribution in [-0.4, -0.2) is 0 Å². The quantitative estimate of drug-likeness (QED) is 0.656. The van der Waals surface area contributed by atoms with Gasteiger partial charge in [-0.1, -0.05) is 44.0 Å². The van der Waals surface area contributed by atoms with E-state index in [2.05, 4.69) is 39.0 Å². The van der Waals surface area contributed by atoms with Gasteiger partial charge in [0.15, 0.2) is 0 Å². The topological polar surface area (TPSA) is 0 Å². The van der Waals surface area contributed by atoms with Crippen molar-refractivity contribution in [1.29, 1.82) is 0 Å². The smallest absolute Gasteiger partial charge is 0.0130 e. The highest BCUT2D eigenvalue weighted by molar-refractivity contribution is 5.38. The maximum atomic E-state index is 2.39. The number of benzene rings is 1. The van der Waals surface area contributed by atoms with Crippen LogP contribution >= 0.6 is 0 Å². The first-order valence-electron chi connectivity index (χ1n) is 5.81. The van der Waals surface area contributed by atoms with Crippen LogP contribution < -0.4 is 0 Å². The minimum absolute atomic E-state index is 0.829. The maximum Gasteiger partial charge on any atom is -0.0130 e. The second kappa shape index (κ2) is 3.76. The second-order valence-corrected chi connectivity index (χ2v) is 4.73. The van der Waals surface area contributed by atoms with Gasteiger partial charge < -0.3 is 0 Å². The van der Waals surface area contributed by atoms with Gasteiger partial charge in [0, 0.05) is 0 Å². The van der Waals surface area contributed by atoms with E-state index < -0.39 is 0 Å². The van der Waals surface area contributed by atoms with Gasteiger partial charge in [0.05, 0.1) is 0 Å². The Kier molecular flexibility index (Phi) is 2.62. The lowest BCUT2D eigenvalue weighted by atomic mass is 9.87. The van der Waals surface area contributed by atoms with Crippen LogP contribution in [0.4, 0.5) is 0 Å². The van der Waals surface area contributed by atoms with Crippen molar-refractivity contribution in [3.63, 3.8) is 0 Å². The van der Waals surface area contributed by atoms with Crippen molar-refractivity contribution in [2.45, 2.75) is 46.0 Å². The molecule has 0 saturated carbocycles. The van der Waals surface area contributed by atoms with Gasteiger partial charge in [-0.25, -0.2) is 0 Å². The van der Waals surface area contributed by atoms with E-state index in [1.807, 2.05) is 0 Å². The Morgan fingerprint density at radius 3 is 2.93 bits per heavy atom. The van der Waals surface area contributed by atoms with Crippen LogP contribution in [0.15, 0.2) is 18.2 Å². The van der Waals surface area contributed by atoms with Crippen LogP contribution in [0.25, 0.3) is 0 Å². The first-order chi connectivity index (χ1) is 6.72. The molecule has 0 nitrogen and oxygen atoms in total. The summed E-state index contributed by atoms with van der Waals surface area (Å²) in [7, 11) is 0. The fourth-order valence-corrected chi connectivity index (χ4v) is 2.65. The first-order valence-corrected chi connectivity index (χ1v) is 5.81. The predicted octanol–water partition coefficient (Wildman–Crippen LogP) is 4.07. The highest BCUT2D eigenvalue weighted by Crippen LogP contribution is 2.39. The van der Waals surface area contributed by atoms with Crippen molar-refractivity contribution >= 4 is 0 Å². The third kappa shape index (κ3) is 1.58. The van der Waals surface area contributed by atoms with Crippen LogP contribution in [0.5, 0.6) is 0 Å². The SMILES string of the molecule is CCC(C)C1CCc2cc(C)ccc21. The Morgan fingerprint density at radius 1 is 1.43 bits per heavy atom. The third-order valence-electron chi connectivity index (χ3n) is 3.75. The zero-order valence-electron chi connectivity index (χ0n) is 9.51. The monoisotopic (exact) mass is 188 g/mol. The number of hydrogen-bond donors (Lipinski definition) is 0. The number of fused-ring (bicyclic) bond motifs is 1. The summed E-state index contributed by atoms with van der Waals surface area (Å²) >= 11 is 0. The van der Waals surface area contributed by atoms with E-state index in [0.29, 0.717) is 0 Å². The van der Waals surface area contributed by atoms with Gasteiger partial charge in [0.25, 0.3) is 0 Å². The van der Waals surface area contributed by atoms with Gasteiger partial charge in [0.1, 0.15) is 0 Å². The van der Waals surface area contributed by atoms with E-state index >= 15 is 0 Å². The first kappa shape index (κ1) is 9.76. The Morgan fingerprint density at radius 2 is 2.21 bits per heavy atom. The molecule has 0 N–H and O–H groups in total. The van der Waals surface area contributed by atoms with E-state index in [1.54, 1.807) is 11.1 Å². The van der Waals surface area contributed by atoms with Gasteiger partial charge in [-0.3, -0.25) is 0 Å². The minimum Gasteiger partial charge on any atom is -0.0651 e. The van der Waals surface area contributed by atoms with Gasteiger partial charge >= 0.3 is 0 Å². The standard InChI is InChI=1S/C14H20/c1-4-11(3)13-8-6-12-9-10(2)5-7-14(12)13/h5,7,9,11,13H,4,6,8H2,1-3H3. The van der Waals surface area contributed by atoms with Crippen LogP contribution in [0.3, 0.4) is 0 Å². The number of aryl methyl sites for hydroxylation is 2. The van der Waals surface area contributed by atoms with Gasteiger partial charge in [-0.05, 0) is 42.7 Å². The van der Waals surface area contributed by atoms with Crippen molar-refractivity contribution in [2.75, 3.05) is 0 Å². The second-order valence-electron chi connectivity index (χ2n) is 4.73. The average molecular weight is 188 g/mol. The molecule has 0 saturated heterocycles. The van der Waals surface area contributed by atoms with E-state index in [4.69, 9.17) is 0 Å². The fourth-order valence-electron chi connectivity index (χ4n) is 2.65. The summed E-state index contributed by atoms with van der Waals surface area (Å²) < 4.78 is 0. The largest absolute Gasteiger partial charge is 0.0651 e. The van der Waals surface area contributed by atoms with Crippen LogP contribution in [0, 0.1) is 12.8 Å². The molecule has 1 aliphatic rings. The minimum atomic E-state index is 0.829. The molecule has 76 valence electrons. The number of rotatable bonds is 2. The van der Waals surface area contributed by atoms with Crippen molar-refractivity contribution in [3.8, 4) is 0 Å². The van der Waals surface area contributed by atoms with Crippen LogP contribution in [0.2, 0.25) is 0 Å². The summed E-state index contributed by atoms with van der Waals surface area (Å²) in [6.45, 7) is 6.88. The van der Waals surface area contributed by atoms with Crippen molar-refractivity contribution < 1.29 is 0 Å². The molecule has 1 aliphatic carbocycles. The maximum absolute atomic E-state index is 2.39. The lowest BCUT2D eigenvalue weighted by Crippen LogP contribution is -2.05. The zero-order valence-corrected chi connectivity index (χ0v) is 9.51. The summed E-state index contributed by atoms with van der Waals surface area (Å²) in [6.07, 6.45) is 3.97. The Labute approximate surface area is 87.3 Å². The Balaban J connectivity index is 2.31. The molecule has 1 aromatic carbocycles. The van der Waals surface area contributed by atoms with E-state index in [1.165, 1.54) is 24.8 Å². The van der Waals surface area contributed by atoms with E-state index in [0.717, 1.165) is 11.8 Å². The Bertz CT molecular complexity index is 325. The summed E-state index contributed by atoms with van der Waals surface area (Å²) in [5.74, 6) is 1.68. The zero-order chi connectivity index (χ0) is 10.1. The highest BCUT2D eigenvalue weighted by atomic mass is 14.3. The normalized spacial score (nSPS) is 22.1. The molecule has 0 spiro atoms. The Hall–Kier alpha value is -0.780. The summed E-state index contributed by atoms with van der Waals surface area (Å²) in [5.41, 5.74) is 4.65. The van der Waals surface area contributed by atoms with Crippen molar-refractivity contribution in [1.82, 2.24) is 0 Å². The van der Waals surface area contributed by atoms with Crippen molar-refractivity contribution in [2.24, 2.45) is 5.92 Å². The lowest BCUT2D eigenvalue weighted by molar-refractivity contribution is 0.443. The molecule has 0 bridgehead atoms. The number of hydrogen-bond acceptors (Lipinski definition) is 0. The molecule has 1 aromatic rings. The molecular weight excluding hydrogens is 168 g/mol. The van der Waals surface area contributed by atoms with Gasteiger partial charge in [0.2, 0.25) is 0 Å². The lowest BCUT2D eigenvalue weighted by Gasteiger charge is -2.18. The van der Waals surface area contributed by atoms with Crippen LogP contribution in [0.1, 0.15) is 49.3 Å². The predicted molar refractivity (Wildman–Crippen MR) is 61.7 cm³/mol. The molecular formula is C14H20. The summed E-state index contributed by atoms with van der Waals surface area (Å²) in [6, 6.07) is 6.99. The van der Waals surface area contributed by atoms with Gasteiger partial charge in [-0.15, -0.1) is 0 Å². The fraction of sp³-hybridized carbons (Fsp3) is 0.571. The molecule has 0 aliphatic heterocycles. The molecule has 0 heterocycles. The summed E-state index contributed by atoms with van der Waals surface area (Å²) in [5, 5.41) is 0. The average Bonchev–Trinajstić information content (AvgIpc) is 2.59. The van der Waals surface area contributed by atoms with Crippen LogP contribution in [-0.2, 0) is 6.42 Å². The molecule has 2 unspecified atom stereocenters. The molecule has 0 radical (unpaired) electrons. The van der Waals surface area contributed by atoms with E-state index in [9.17, 15) is 0 Å². The molecule has 0 heteroatoms. The summed E-state index contributed by atoms with van der Waals surface area (Å²) in [4.78, 5) is 0. The van der Waals surface area contributed by atoms with E-state index in [-0.39, 0.29) is 0 Å². The molecule has 2 rings (SSSR count). The molecule has 0 amide bonds. The molecule has 2 atom stereocenters. The molecule has 0 aromatic heterocycles. The highest BCUT2D eigenvalue weighted by Gasteiger charge is 2.25. The van der Waals surface area contributed by atoms with Crippen molar-refractivity contribution in [3.05, 3.63) is 34.9 Å². The third-order valence-corrected chi connectivity index (χ3v) is 3.75. The van der Waals surface area contributed by atoms with Gasteiger partial charge in [-0.2, -0.15) is 0 Å². The molecule has 14 heavy (non-hydrogen) atoms. The molecule has 0 fully saturated rings.